The van der Waals surface area contributed by atoms with Crippen molar-refractivity contribution in [3.63, 3.8) is 0 Å². The van der Waals surface area contributed by atoms with E-state index < -0.39 is 55.4 Å². The lowest BCUT2D eigenvalue weighted by molar-refractivity contribution is -0.145. The Hall–Kier alpha value is -2.84. The van der Waals surface area contributed by atoms with Crippen LogP contribution in [0.15, 0.2) is 41.3 Å². The van der Waals surface area contributed by atoms with Crippen LogP contribution >= 0.6 is 0 Å². The van der Waals surface area contributed by atoms with Gasteiger partial charge in [0.25, 0.3) is 0 Å². The third-order valence-corrected chi connectivity index (χ3v) is 9.19. The molecule has 0 amide bonds. The molecule has 1 atom stereocenters. The zero-order chi connectivity index (χ0) is 28.7. The first-order valence-electron chi connectivity index (χ1n) is 11.5. The molecule has 9 nitrogen and oxygen atoms in total. The molecule has 0 aromatic heterocycles. The highest BCUT2D eigenvalue weighted by molar-refractivity contribution is 7.89. The van der Waals surface area contributed by atoms with Crippen LogP contribution in [0.1, 0.15) is 50.4 Å². The van der Waals surface area contributed by atoms with Crippen LogP contribution in [0.3, 0.4) is 0 Å². The Morgan fingerprint density at radius 2 is 1.79 bits per heavy atom. The number of halogens is 3. The van der Waals surface area contributed by atoms with Crippen molar-refractivity contribution in [2.45, 2.75) is 56.5 Å². The predicted molar refractivity (Wildman–Crippen MR) is 131 cm³/mol. The molecule has 38 heavy (non-hydrogen) atoms. The molecular formula is C24H28F3NO8S2. The molecule has 0 spiro atoms. The lowest BCUT2D eigenvalue weighted by Gasteiger charge is -2.43. The van der Waals surface area contributed by atoms with E-state index in [1.165, 1.54) is 35.5 Å². The first-order chi connectivity index (χ1) is 17.4. The van der Waals surface area contributed by atoms with Crippen LogP contribution in [-0.2, 0) is 35.1 Å². The van der Waals surface area contributed by atoms with Gasteiger partial charge in [-0.25, -0.2) is 13.2 Å². The number of sulfonamides is 1. The monoisotopic (exact) mass is 579 g/mol. The second-order valence-electron chi connectivity index (χ2n) is 9.32. The van der Waals surface area contributed by atoms with Crippen LogP contribution in [0.5, 0.6) is 11.5 Å². The molecule has 0 saturated carbocycles. The van der Waals surface area contributed by atoms with Crippen molar-refractivity contribution in [3.8, 4) is 11.5 Å². The highest BCUT2D eigenvalue weighted by Gasteiger charge is 2.49. The number of nitrogens with zero attached hydrogens (tertiary/aromatic N) is 1. The topological polar surface area (TPSA) is 116 Å². The van der Waals surface area contributed by atoms with Crippen molar-refractivity contribution < 1.29 is 48.5 Å². The fourth-order valence-corrected chi connectivity index (χ4v) is 6.75. The lowest BCUT2D eigenvalue weighted by Crippen LogP contribution is -2.47. The summed E-state index contributed by atoms with van der Waals surface area (Å²) in [4.78, 5) is 11.6. The van der Waals surface area contributed by atoms with Gasteiger partial charge in [-0.3, -0.25) is 0 Å². The smallest absolute Gasteiger partial charge is 0.482 e. The molecule has 3 rings (SSSR count). The number of carbonyl (C=O) groups excluding carboxylic acids is 1. The molecule has 1 heterocycles. The molecule has 1 unspecified atom stereocenters. The van der Waals surface area contributed by atoms with Crippen molar-refractivity contribution in [1.29, 1.82) is 0 Å². The Labute approximate surface area is 219 Å². The fourth-order valence-electron chi connectivity index (χ4n) is 4.28. The second-order valence-corrected chi connectivity index (χ2v) is 12.7. The van der Waals surface area contributed by atoms with Gasteiger partial charge in [-0.05, 0) is 56.2 Å². The van der Waals surface area contributed by atoms with Crippen LogP contribution in [-0.4, -0.2) is 52.4 Å². The third kappa shape index (κ3) is 5.76. The minimum atomic E-state index is -5.91. The third-order valence-electron chi connectivity index (χ3n) is 6.15. The highest BCUT2D eigenvalue weighted by atomic mass is 32.2. The Morgan fingerprint density at radius 1 is 1.13 bits per heavy atom. The van der Waals surface area contributed by atoms with Crippen molar-refractivity contribution >= 4 is 26.1 Å². The lowest BCUT2D eigenvalue weighted by atomic mass is 9.77. The van der Waals surface area contributed by atoms with E-state index in [-0.39, 0.29) is 29.4 Å². The molecule has 1 aliphatic heterocycles. The molecule has 0 radical (unpaired) electrons. The summed E-state index contributed by atoms with van der Waals surface area (Å²) in [6, 6.07) is 7.12. The van der Waals surface area contributed by atoms with Crippen LogP contribution in [0.2, 0.25) is 0 Å². The van der Waals surface area contributed by atoms with E-state index in [0.717, 1.165) is 12.1 Å². The van der Waals surface area contributed by atoms with Gasteiger partial charge in [0.15, 0.2) is 6.61 Å². The number of carbonyl (C=O) groups is 1. The van der Waals surface area contributed by atoms with Crippen molar-refractivity contribution in [1.82, 2.24) is 4.31 Å². The minimum absolute atomic E-state index is 0.0257. The average molecular weight is 580 g/mol. The van der Waals surface area contributed by atoms with Crippen LogP contribution < -0.4 is 8.92 Å². The first kappa shape index (κ1) is 29.7. The van der Waals surface area contributed by atoms with Gasteiger partial charge in [0.2, 0.25) is 10.0 Å². The Morgan fingerprint density at radius 3 is 2.39 bits per heavy atom. The van der Waals surface area contributed by atoms with Gasteiger partial charge in [0, 0.05) is 23.6 Å². The molecule has 0 fully saturated rings. The van der Waals surface area contributed by atoms with Gasteiger partial charge in [-0.1, -0.05) is 26.0 Å². The summed E-state index contributed by atoms with van der Waals surface area (Å²) in [5, 5.41) is 0. The molecule has 2 aromatic carbocycles. The second kappa shape index (κ2) is 10.4. The van der Waals surface area contributed by atoms with Gasteiger partial charge in [0.1, 0.15) is 11.5 Å². The summed E-state index contributed by atoms with van der Waals surface area (Å²) in [6.45, 7) is 8.01. The van der Waals surface area contributed by atoms with Crippen LogP contribution in [0, 0.1) is 6.92 Å². The van der Waals surface area contributed by atoms with E-state index in [4.69, 9.17) is 9.47 Å². The quantitative estimate of drug-likeness (QED) is 0.260. The number of esters is 1. The van der Waals surface area contributed by atoms with Gasteiger partial charge in [-0.15, -0.1) is 0 Å². The summed E-state index contributed by atoms with van der Waals surface area (Å²) in [7, 11) is -10.1. The molecule has 0 bridgehead atoms. The summed E-state index contributed by atoms with van der Waals surface area (Å²) in [5.41, 5.74) is -5.23. The highest BCUT2D eigenvalue weighted by Crippen LogP contribution is 2.44. The van der Waals surface area contributed by atoms with E-state index >= 15 is 0 Å². The predicted octanol–water partition coefficient (Wildman–Crippen LogP) is 4.21. The largest absolute Gasteiger partial charge is 0.534 e. The average Bonchev–Trinajstić information content (AvgIpc) is 2.79. The van der Waals surface area contributed by atoms with Gasteiger partial charge >= 0.3 is 21.6 Å². The number of rotatable bonds is 8. The number of hydrogen-bond acceptors (Lipinski definition) is 8. The molecule has 14 heteroatoms. The van der Waals surface area contributed by atoms with E-state index in [1.54, 1.807) is 27.7 Å². The SMILES string of the molecule is CCOC(=O)COc1cccc(S(=O)(=O)N2CC(C)(C)c3ccc(OS(=O)(=O)C(F)(F)F)cc3C2C)c1C. The summed E-state index contributed by atoms with van der Waals surface area (Å²) in [6.07, 6.45) is 0. The molecule has 210 valence electrons. The standard InChI is InChI=1S/C24H28F3NO8S2/c1-6-34-22(29)13-35-20-8-7-9-21(15(20)2)37(30,31)28-14-23(4,5)19-11-10-17(12-18(19)16(28)3)36-38(32,33)24(25,26)27/h7-12,16H,6,13-14H2,1-5H3. The number of fused-ring (bicyclic) bond motifs is 1. The normalized spacial score (nSPS) is 17.9. The van der Waals surface area contributed by atoms with E-state index in [1.807, 2.05) is 0 Å². The number of ether oxygens (including phenoxy) is 2. The maximum Gasteiger partial charge on any atom is 0.534 e. The van der Waals surface area contributed by atoms with Crippen molar-refractivity contribution in [2.75, 3.05) is 19.8 Å². The minimum Gasteiger partial charge on any atom is -0.482 e. The maximum atomic E-state index is 13.9. The molecule has 1 aliphatic rings. The Balaban J connectivity index is 2.01. The van der Waals surface area contributed by atoms with Crippen LogP contribution in [0.25, 0.3) is 0 Å². The van der Waals surface area contributed by atoms with Crippen molar-refractivity contribution in [3.05, 3.63) is 53.1 Å². The van der Waals surface area contributed by atoms with Gasteiger partial charge in [0.05, 0.1) is 11.5 Å². The maximum absolute atomic E-state index is 13.9. The molecule has 0 aliphatic carbocycles. The molecular weight excluding hydrogens is 551 g/mol. The van der Waals surface area contributed by atoms with Gasteiger partial charge < -0.3 is 13.7 Å². The van der Waals surface area contributed by atoms with Gasteiger partial charge in [-0.2, -0.15) is 25.9 Å². The summed E-state index contributed by atoms with van der Waals surface area (Å²) >= 11 is 0. The van der Waals surface area contributed by atoms with E-state index in [2.05, 4.69) is 4.18 Å². The Bertz CT molecular complexity index is 1440. The van der Waals surface area contributed by atoms with E-state index in [9.17, 15) is 34.8 Å². The summed E-state index contributed by atoms with van der Waals surface area (Å²) < 4.78 is 105. The molecule has 2 aromatic rings. The fraction of sp³-hybridized carbons (Fsp3) is 0.458. The zero-order valence-electron chi connectivity index (χ0n) is 21.3. The van der Waals surface area contributed by atoms with E-state index in [0.29, 0.717) is 11.1 Å². The number of alkyl halides is 3. The number of benzene rings is 2. The van der Waals surface area contributed by atoms with Crippen molar-refractivity contribution in [2.24, 2.45) is 0 Å². The number of hydrogen-bond donors (Lipinski definition) is 0. The molecule has 0 N–H and O–H groups in total. The van der Waals surface area contributed by atoms with Crippen LogP contribution in [0.4, 0.5) is 13.2 Å². The first-order valence-corrected chi connectivity index (χ1v) is 14.3. The summed E-state index contributed by atoms with van der Waals surface area (Å²) in [5.74, 6) is -1.04. The Kier molecular flexibility index (Phi) is 8.11. The molecule has 0 saturated heterocycles. The zero-order valence-corrected chi connectivity index (χ0v) is 23.0.